The van der Waals surface area contributed by atoms with Gasteiger partial charge in [-0.25, -0.2) is 17.9 Å². The molecular weight excluding hydrogens is 538 g/mol. The van der Waals surface area contributed by atoms with E-state index in [2.05, 4.69) is 15.4 Å². The van der Waals surface area contributed by atoms with Crippen molar-refractivity contribution in [3.05, 3.63) is 22.3 Å². The highest BCUT2D eigenvalue weighted by molar-refractivity contribution is 7.90. The van der Waals surface area contributed by atoms with Crippen molar-refractivity contribution in [2.24, 2.45) is 5.73 Å². The molecule has 13 heteroatoms. The van der Waals surface area contributed by atoms with Gasteiger partial charge in [0.25, 0.3) is 10.0 Å². The van der Waals surface area contributed by atoms with E-state index in [1.165, 1.54) is 0 Å². The number of hydrogen-bond donors (Lipinski definition) is 6. The van der Waals surface area contributed by atoms with Gasteiger partial charge in [-0.15, -0.1) is 0 Å². The Labute approximate surface area is 237 Å². The van der Waals surface area contributed by atoms with E-state index in [-0.39, 0.29) is 17.9 Å². The summed E-state index contributed by atoms with van der Waals surface area (Å²) in [5, 5.41) is 22.7. The van der Waals surface area contributed by atoms with Crippen molar-refractivity contribution in [3.63, 3.8) is 0 Å². The van der Waals surface area contributed by atoms with E-state index in [0.717, 1.165) is 16.9 Å². The van der Waals surface area contributed by atoms with Gasteiger partial charge in [0.1, 0.15) is 11.4 Å². The number of amides is 1. The van der Waals surface area contributed by atoms with Crippen molar-refractivity contribution in [1.82, 2.24) is 15.4 Å². The second-order valence-corrected chi connectivity index (χ2v) is 13.6. The molecule has 0 unspecified atom stereocenters. The third-order valence-corrected chi connectivity index (χ3v) is 8.32. The number of carboxylic acids is 1. The minimum absolute atomic E-state index is 0.132. The molecule has 1 aromatic rings. The van der Waals surface area contributed by atoms with E-state index in [1.54, 1.807) is 41.5 Å². The van der Waals surface area contributed by atoms with Crippen LogP contribution in [0.3, 0.4) is 0 Å². The Morgan fingerprint density at radius 2 is 1.77 bits per heavy atom. The second kappa shape index (κ2) is 12.3. The normalized spacial score (nSPS) is 16.8. The minimum atomic E-state index is -4.06. The lowest BCUT2D eigenvalue weighted by Gasteiger charge is -2.29. The van der Waals surface area contributed by atoms with E-state index in [1.807, 2.05) is 20.8 Å². The molecule has 0 fully saturated rings. The van der Waals surface area contributed by atoms with Gasteiger partial charge in [0.15, 0.2) is 6.04 Å². The Hall–Kier alpha value is -2.90. The van der Waals surface area contributed by atoms with Crippen LogP contribution in [0.4, 0.5) is 0 Å². The molecule has 1 amide bonds. The van der Waals surface area contributed by atoms with E-state index in [9.17, 15) is 23.1 Å². The van der Waals surface area contributed by atoms with Crippen LogP contribution in [0.2, 0.25) is 0 Å². The summed E-state index contributed by atoms with van der Waals surface area (Å²) in [6.07, 6.45) is 0.298. The Bertz CT molecular complexity index is 1250. The third-order valence-electron chi connectivity index (χ3n) is 6.70. The average molecular weight is 584 g/mol. The molecule has 0 aliphatic carbocycles. The van der Waals surface area contributed by atoms with Crippen LogP contribution in [0.5, 0.6) is 5.75 Å². The highest BCUT2D eigenvalue weighted by atomic mass is 32.2. The average Bonchev–Trinajstić information content (AvgIpc) is 3.12. The molecule has 0 aromatic heterocycles. The zero-order valence-electron chi connectivity index (χ0n) is 24.9. The lowest BCUT2D eigenvalue weighted by Crippen LogP contribution is -2.54. The molecule has 0 saturated carbocycles. The summed E-state index contributed by atoms with van der Waals surface area (Å²) in [5.41, 5.74) is 7.69. The Morgan fingerprint density at radius 3 is 2.33 bits per heavy atom. The predicted molar refractivity (Wildman–Crippen MR) is 152 cm³/mol. The number of aliphatic carboxylic acids is 1. The molecule has 0 radical (unpaired) electrons. The van der Waals surface area contributed by atoms with Crippen LogP contribution in [-0.4, -0.2) is 67.3 Å². The quantitative estimate of drug-likeness (QED) is 0.128. The molecule has 0 bridgehead atoms. The number of carbonyl (C=O) groups excluding carboxylic acids is 1. The van der Waals surface area contributed by atoms with Crippen LogP contribution in [0.15, 0.2) is 4.90 Å². The van der Waals surface area contributed by atoms with Crippen LogP contribution >= 0.6 is 0 Å². The van der Waals surface area contributed by atoms with Crippen molar-refractivity contribution in [1.29, 1.82) is 5.41 Å². The van der Waals surface area contributed by atoms with Gasteiger partial charge < -0.3 is 30.9 Å². The van der Waals surface area contributed by atoms with Gasteiger partial charge in [-0.2, -0.15) is 0 Å². The number of nitrogens with two attached hydrogens (primary N) is 1. The molecule has 1 aliphatic rings. The number of carboxylic acid groups (broad SMARTS) is 1. The zero-order valence-corrected chi connectivity index (χ0v) is 25.8. The number of fused-ring (bicyclic) bond motifs is 1. The first-order chi connectivity index (χ1) is 18.2. The monoisotopic (exact) mass is 583 g/mol. The van der Waals surface area contributed by atoms with Gasteiger partial charge in [0.05, 0.1) is 22.6 Å². The summed E-state index contributed by atoms with van der Waals surface area (Å²) < 4.78 is 40.5. The first-order valence-corrected chi connectivity index (χ1v) is 14.8. The highest BCUT2D eigenvalue weighted by Crippen LogP contribution is 2.43. The fourth-order valence-electron chi connectivity index (χ4n) is 4.80. The predicted octanol–water partition coefficient (Wildman–Crippen LogP) is 2.01. The summed E-state index contributed by atoms with van der Waals surface area (Å²) in [6.45, 7) is 16.3. The summed E-state index contributed by atoms with van der Waals surface area (Å²) in [7, 11) is -4.06. The van der Waals surface area contributed by atoms with Crippen LogP contribution in [0, 0.1) is 26.2 Å². The minimum Gasteiger partial charge on any atom is -0.487 e. The third kappa shape index (κ3) is 8.31. The van der Waals surface area contributed by atoms with E-state index in [4.69, 9.17) is 20.6 Å². The van der Waals surface area contributed by atoms with Gasteiger partial charge in [-0.3, -0.25) is 10.2 Å². The molecule has 3 atom stereocenters. The molecule has 0 saturated heterocycles. The molecule has 2 rings (SSSR count). The summed E-state index contributed by atoms with van der Waals surface area (Å²) in [4.78, 5) is 24.3. The van der Waals surface area contributed by atoms with E-state index >= 15 is 0 Å². The number of benzene rings is 1. The highest BCUT2D eigenvalue weighted by Gasteiger charge is 2.37. The number of carbonyl (C=O) groups is 2. The van der Waals surface area contributed by atoms with Crippen LogP contribution in [0.1, 0.15) is 76.6 Å². The Morgan fingerprint density at radius 1 is 1.18 bits per heavy atom. The van der Waals surface area contributed by atoms with Crippen molar-refractivity contribution in [3.8, 4) is 5.75 Å². The van der Waals surface area contributed by atoms with Crippen molar-refractivity contribution in [2.75, 3.05) is 6.54 Å². The largest absolute Gasteiger partial charge is 0.487 e. The van der Waals surface area contributed by atoms with Crippen LogP contribution in [0.25, 0.3) is 0 Å². The lowest BCUT2D eigenvalue weighted by atomic mass is 9.94. The fourth-order valence-corrected chi connectivity index (χ4v) is 6.33. The molecule has 1 aromatic carbocycles. The number of hydrogen-bond acceptors (Lipinski definition) is 8. The molecule has 40 heavy (non-hydrogen) atoms. The van der Waals surface area contributed by atoms with E-state index < -0.39 is 57.2 Å². The van der Waals surface area contributed by atoms with Crippen molar-refractivity contribution < 1.29 is 32.6 Å². The number of ether oxygens (including phenoxy) is 2. The molecule has 12 nitrogen and oxygen atoms in total. The summed E-state index contributed by atoms with van der Waals surface area (Å²) in [6, 6.07) is -2.27. The summed E-state index contributed by atoms with van der Waals surface area (Å²) >= 11 is 0. The van der Waals surface area contributed by atoms with E-state index in [0.29, 0.717) is 24.0 Å². The van der Waals surface area contributed by atoms with Gasteiger partial charge in [0, 0.05) is 18.5 Å². The van der Waals surface area contributed by atoms with Crippen molar-refractivity contribution in [2.45, 2.75) is 116 Å². The Kier molecular flexibility index (Phi) is 10.3. The molecule has 1 aliphatic heterocycles. The standard InChI is InChI=1S/C27H45N5O7S/c1-14-15(2)22(16(3)18-13-27(8,9)39-21(14)18)40(36,37)32-25(29)30-12-10-11-19(28)23(33)31-20(24(34)35)17(4)38-26(5,6)7/h17,19-20H,10-13,28H2,1-9H3,(H,31,33)(H,34,35)(H3,29,30,32)/t17-,19+,20+/m1/s1. The SMILES string of the molecule is Cc1c(C)c(S(=O)(=O)NC(=N)NCCC[C@H](N)C(=O)N[C@H](C(=O)O)[C@@H](C)OC(C)(C)C)c(C)c2c1OC(C)(C)C2. The first-order valence-electron chi connectivity index (χ1n) is 13.3. The lowest BCUT2D eigenvalue weighted by molar-refractivity contribution is -0.150. The molecule has 1 heterocycles. The maximum absolute atomic E-state index is 13.3. The molecule has 7 N–H and O–H groups in total. The Balaban J connectivity index is 1.94. The van der Waals surface area contributed by atoms with Crippen LogP contribution in [-0.2, 0) is 30.8 Å². The molecule has 0 spiro atoms. The smallest absolute Gasteiger partial charge is 0.328 e. The van der Waals surface area contributed by atoms with Crippen molar-refractivity contribution >= 4 is 27.9 Å². The maximum Gasteiger partial charge on any atom is 0.328 e. The summed E-state index contributed by atoms with van der Waals surface area (Å²) in [5.74, 6) is -1.57. The number of guanidine groups is 1. The van der Waals surface area contributed by atoms with Gasteiger partial charge in [0.2, 0.25) is 11.9 Å². The zero-order chi connectivity index (χ0) is 30.8. The molecular formula is C27H45N5O7S. The topological polar surface area (TPSA) is 193 Å². The second-order valence-electron chi connectivity index (χ2n) is 12.0. The van der Waals surface area contributed by atoms with Gasteiger partial charge in [-0.1, -0.05) is 0 Å². The molecule has 226 valence electrons. The van der Waals surface area contributed by atoms with Crippen LogP contribution < -0.4 is 25.8 Å². The number of sulfonamides is 1. The first kappa shape index (κ1) is 33.3. The number of rotatable bonds is 11. The van der Waals surface area contributed by atoms with Gasteiger partial charge >= 0.3 is 5.97 Å². The maximum atomic E-state index is 13.3. The fraction of sp³-hybridized carbons (Fsp3) is 0.667. The van der Waals surface area contributed by atoms with Gasteiger partial charge in [-0.05, 0) is 91.8 Å². The number of nitrogens with one attached hydrogen (secondary N) is 4.